The summed E-state index contributed by atoms with van der Waals surface area (Å²) in [5, 5.41) is 12.2. The summed E-state index contributed by atoms with van der Waals surface area (Å²) in [5.41, 5.74) is 1.04. The topological polar surface area (TPSA) is 35.3 Å². The molecule has 108 valence electrons. The lowest BCUT2D eigenvalue weighted by Crippen LogP contribution is -2.26. The quantitative estimate of drug-likeness (QED) is 0.311. The number of allylic oxidation sites excluding steroid dienone is 1. The molecule has 1 aromatic rings. The molecule has 3 heteroatoms. The van der Waals surface area contributed by atoms with Gasteiger partial charge < -0.3 is 9.94 Å². The SMILES string of the molecule is C=CCCCCC1=[N+]([O-])C(COc2ccccc2)CC1. The first-order valence-electron chi connectivity index (χ1n) is 7.41. The lowest BCUT2D eigenvalue weighted by atomic mass is 10.1. The molecule has 1 atom stereocenters. The molecule has 0 radical (unpaired) electrons. The second-order valence-electron chi connectivity index (χ2n) is 5.24. The number of rotatable bonds is 8. The Bertz CT molecular complexity index is 453. The summed E-state index contributed by atoms with van der Waals surface area (Å²) in [5.74, 6) is 0.834. The molecule has 0 amide bonds. The smallest absolute Gasteiger partial charge is 0.197 e. The van der Waals surface area contributed by atoms with Gasteiger partial charge in [-0.2, -0.15) is 0 Å². The third-order valence-electron chi connectivity index (χ3n) is 3.72. The van der Waals surface area contributed by atoms with Crippen LogP contribution in [0.1, 0.15) is 38.5 Å². The number of unbranched alkanes of at least 4 members (excludes halogenated alkanes) is 2. The molecule has 0 N–H and O–H groups in total. The Labute approximate surface area is 121 Å². The van der Waals surface area contributed by atoms with E-state index in [1.807, 2.05) is 36.4 Å². The van der Waals surface area contributed by atoms with Crippen molar-refractivity contribution in [3.63, 3.8) is 0 Å². The van der Waals surface area contributed by atoms with E-state index in [1.165, 1.54) is 4.74 Å². The van der Waals surface area contributed by atoms with Gasteiger partial charge in [-0.1, -0.05) is 24.3 Å². The Morgan fingerprint density at radius 2 is 2.10 bits per heavy atom. The zero-order valence-corrected chi connectivity index (χ0v) is 12.0. The first-order chi connectivity index (χ1) is 9.81. The van der Waals surface area contributed by atoms with E-state index in [0.717, 1.165) is 50.0 Å². The maximum Gasteiger partial charge on any atom is 0.197 e. The fourth-order valence-corrected chi connectivity index (χ4v) is 2.53. The molecule has 3 nitrogen and oxygen atoms in total. The maximum atomic E-state index is 12.2. The molecular weight excluding hydrogens is 250 g/mol. The zero-order chi connectivity index (χ0) is 14.2. The monoisotopic (exact) mass is 273 g/mol. The van der Waals surface area contributed by atoms with Gasteiger partial charge in [-0.15, -0.1) is 6.58 Å². The number of hydroxylamine groups is 1. The van der Waals surface area contributed by atoms with Crippen molar-refractivity contribution in [1.29, 1.82) is 0 Å². The van der Waals surface area contributed by atoms with Crippen LogP contribution < -0.4 is 4.74 Å². The Morgan fingerprint density at radius 3 is 2.85 bits per heavy atom. The van der Waals surface area contributed by atoms with Gasteiger partial charge in [0, 0.05) is 19.3 Å². The molecular formula is C17H23NO2. The summed E-state index contributed by atoms with van der Waals surface area (Å²) in [6, 6.07) is 9.65. The highest BCUT2D eigenvalue weighted by Gasteiger charge is 2.29. The molecule has 1 aliphatic rings. The largest absolute Gasteiger partial charge is 0.624 e. The molecule has 0 spiro atoms. The Kier molecular flexibility index (Phi) is 5.66. The molecule has 0 saturated heterocycles. The Hall–Kier alpha value is -1.77. The number of ether oxygens (including phenoxy) is 1. The first-order valence-corrected chi connectivity index (χ1v) is 7.41. The van der Waals surface area contributed by atoms with Crippen molar-refractivity contribution < 1.29 is 9.48 Å². The van der Waals surface area contributed by atoms with Crippen molar-refractivity contribution in [3.05, 3.63) is 48.2 Å². The normalized spacial score (nSPS) is 18.3. The van der Waals surface area contributed by atoms with Crippen molar-refractivity contribution in [3.8, 4) is 5.75 Å². The fraction of sp³-hybridized carbons (Fsp3) is 0.471. The van der Waals surface area contributed by atoms with Gasteiger partial charge in [-0.25, -0.2) is 4.74 Å². The van der Waals surface area contributed by atoms with Crippen molar-refractivity contribution in [2.75, 3.05) is 6.61 Å². The van der Waals surface area contributed by atoms with Crippen LogP contribution in [-0.2, 0) is 0 Å². The molecule has 0 saturated carbocycles. The van der Waals surface area contributed by atoms with Crippen LogP contribution >= 0.6 is 0 Å². The van der Waals surface area contributed by atoms with Crippen LogP contribution in [0, 0.1) is 5.21 Å². The Balaban J connectivity index is 1.78. The third-order valence-corrected chi connectivity index (χ3v) is 3.72. The van der Waals surface area contributed by atoms with Gasteiger partial charge in [-0.05, 0) is 31.4 Å². The first kappa shape index (κ1) is 14.6. The molecule has 1 aromatic carbocycles. The Morgan fingerprint density at radius 1 is 1.30 bits per heavy atom. The predicted molar refractivity (Wildman–Crippen MR) is 82.3 cm³/mol. The summed E-state index contributed by atoms with van der Waals surface area (Å²) in [6.07, 6.45) is 7.91. The van der Waals surface area contributed by atoms with Crippen LogP contribution in [0.2, 0.25) is 0 Å². The molecule has 0 bridgehead atoms. The van der Waals surface area contributed by atoms with Gasteiger partial charge in [0.05, 0.1) is 0 Å². The van der Waals surface area contributed by atoms with Gasteiger partial charge in [-0.3, -0.25) is 0 Å². The second-order valence-corrected chi connectivity index (χ2v) is 5.24. The average Bonchev–Trinajstić information content (AvgIpc) is 2.83. The van der Waals surface area contributed by atoms with Crippen molar-refractivity contribution in [2.24, 2.45) is 0 Å². The average molecular weight is 273 g/mol. The number of benzene rings is 1. The molecule has 0 fully saturated rings. The minimum Gasteiger partial charge on any atom is -0.624 e. The maximum absolute atomic E-state index is 12.2. The molecule has 2 rings (SSSR count). The number of nitrogens with zero attached hydrogens (tertiary/aromatic N) is 1. The summed E-state index contributed by atoms with van der Waals surface area (Å²) >= 11 is 0. The van der Waals surface area contributed by atoms with E-state index in [4.69, 9.17) is 4.74 Å². The third kappa shape index (κ3) is 4.12. The molecule has 1 aliphatic heterocycles. The van der Waals surface area contributed by atoms with Crippen LogP contribution in [0.5, 0.6) is 5.75 Å². The highest BCUT2D eigenvalue weighted by molar-refractivity contribution is 5.80. The van der Waals surface area contributed by atoms with Crippen LogP contribution in [0.4, 0.5) is 0 Å². The molecule has 0 aliphatic carbocycles. The minimum atomic E-state index is -0.0235. The van der Waals surface area contributed by atoms with E-state index in [9.17, 15) is 5.21 Å². The summed E-state index contributed by atoms with van der Waals surface area (Å²) < 4.78 is 6.87. The zero-order valence-electron chi connectivity index (χ0n) is 12.0. The molecule has 1 unspecified atom stereocenters. The molecule has 1 heterocycles. The van der Waals surface area contributed by atoms with Gasteiger partial charge in [0.15, 0.2) is 18.4 Å². The van der Waals surface area contributed by atoms with Crippen molar-refractivity contribution in [1.82, 2.24) is 0 Å². The van der Waals surface area contributed by atoms with Crippen LogP contribution in [-0.4, -0.2) is 23.1 Å². The van der Waals surface area contributed by atoms with E-state index in [1.54, 1.807) is 0 Å². The lowest BCUT2D eigenvalue weighted by molar-refractivity contribution is -0.495. The number of hydrogen-bond acceptors (Lipinski definition) is 2. The van der Waals surface area contributed by atoms with Gasteiger partial charge >= 0.3 is 0 Å². The predicted octanol–water partition coefficient (Wildman–Crippen LogP) is 3.93. The van der Waals surface area contributed by atoms with Gasteiger partial charge in [0.25, 0.3) is 0 Å². The van der Waals surface area contributed by atoms with Crippen molar-refractivity contribution in [2.45, 2.75) is 44.6 Å². The lowest BCUT2D eigenvalue weighted by Gasteiger charge is -2.13. The van der Waals surface area contributed by atoms with Crippen LogP contribution in [0.25, 0.3) is 0 Å². The van der Waals surface area contributed by atoms with E-state index in [0.29, 0.717) is 6.61 Å². The van der Waals surface area contributed by atoms with E-state index >= 15 is 0 Å². The summed E-state index contributed by atoms with van der Waals surface area (Å²) in [6.45, 7) is 4.19. The van der Waals surface area contributed by atoms with E-state index in [-0.39, 0.29) is 6.04 Å². The molecule has 20 heavy (non-hydrogen) atoms. The second kappa shape index (κ2) is 7.73. The standard InChI is InChI=1S/C17H23NO2/c1-2-3-4-6-9-15-12-13-16(18(15)19)14-20-17-10-7-5-8-11-17/h2,5,7-8,10-11,16H,1,3-4,6,9,12-14H2. The van der Waals surface area contributed by atoms with Gasteiger partial charge in [0.1, 0.15) is 5.75 Å². The van der Waals surface area contributed by atoms with Crippen LogP contribution in [0.15, 0.2) is 43.0 Å². The van der Waals surface area contributed by atoms with E-state index in [2.05, 4.69) is 6.58 Å². The van der Waals surface area contributed by atoms with Crippen molar-refractivity contribution >= 4 is 5.71 Å². The highest BCUT2D eigenvalue weighted by atomic mass is 16.5. The fourth-order valence-electron chi connectivity index (χ4n) is 2.53. The van der Waals surface area contributed by atoms with Gasteiger partial charge in [0.2, 0.25) is 0 Å². The van der Waals surface area contributed by atoms with Crippen LogP contribution in [0.3, 0.4) is 0 Å². The minimum absolute atomic E-state index is 0.0235. The van der Waals surface area contributed by atoms with E-state index < -0.39 is 0 Å². The molecule has 0 aromatic heterocycles. The number of hydrogen-bond donors (Lipinski definition) is 0. The summed E-state index contributed by atoms with van der Waals surface area (Å²) in [4.78, 5) is 0. The summed E-state index contributed by atoms with van der Waals surface area (Å²) in [7, 11) is 0. The highest BCUT2D eigenvalue weighted by Crippen LogP contribution is 2.18. The number of para-hydroxylation sites is 1.